The first-order valence-electron chi connectivity index (χ1n) is 7.06. The molecule has 0 aliphatic carbocycles. The Hall–Kier alpha value is -1.58. The fraction of sp³-hybridized carbons (Fsp3) is 0.533. The van der Waals surface area contributed by atoms with Crippen LogP contribution in [-0.2, 0) is 9.84 Å². The SMILES string of the molecule is CC(NC1CCCS(=O)(=O)C1)c1ccc(OCC#N)cc1. The highest BCUT2D eigenvalue weighted by molar-refractivity contribution is 7.91. The minimum absolute atomic E-state index is 0.0215. The van der Waals surface area contributed by atoms with Crippen LogP contribution in [0.1, 0.15) is 31.4 Å². The molecule has 1 N–H and O–H groups in total. The first-order chi connectivity index (χ1) is 10.00. The van der Waals surface area contributed by atoms with Crippen molar-refractivity contribution in [2.24, 2.45) is 0 Å². The van der Waals surface area contributed by atoms with Gasteiger partial charge < -0.3 is 10.1 Å². The molecule has 114 valence electrons. The summed E-state index contributed by atoms with van der Waals surface area (Å²) in [7, 11) is -2.89. The van der Waals surface area contributed by atoms with Gasteiger partial charge in [-0.1, -0.05) is 12.1 Å². The van der Waals surface area contributed by atoms with E-state index in [1.165, 1.54) is 0 Å². The van der Waals surface area contributed by atoms with Crippen molar-refractivity contribution in [2.75, 3.05) is 18.1 Å². The lowest BCUT2D eigenvalue weighted by Gasteiger charge is -2.26. The van der Waals surface area contributed by atoms with Crippen molar-refractivity contribution in [3.8, 4) is 11.8 Å². The van der Waals surface area contributed by atoms with Crippen LogP contribution in [0, 0.1) is 11.3 Å². The normalized spacial score (nSPS) is 22.2. The molecule has 1 heterocycles. The smallest absolute Gasteiger partial charge is 0.174 e. The van der Waals surface area contributed by atoms with Gasteiger partial charge in [-0.15, -0.1) is 0 Å². The molecule has 0 amide bonds. The van der Waals surface area contributed by atoms with E-state index < -0.39 is 9.84 Å². The van der Waals surface area contributed by atoms with Crippen LogP contribution in [0.4, 0.5) is 0 Å². The lowest BCUT2D eigenvalue weighted by molar-refractivity contribution is 0.367. The van der Waals surface area contributed by atoms with E-state index in [0.717, 1.165) is 18.4 Å². The van der Waals surface area contributed by atoms with Crippen LogP contribution in [0.25, 0.3) is 0 Å². The maximum atomic E-state index is 11.6. The van der Waals surface area contributed by atoms with Crippen LogP contribution in [0.15, 0.2) is 24.3 Å². The topological polar surface area (TPSA) is 79.2 Å². The molecule has 2 atom stereocenters. The van der Waals surface area contributed by atoms with Crippen LogP contribution >= 0.6 is 0 Å². The molecule has 1 aromatic rings. The third-order valence-electron chi connectivity index (χ3n) is 3.63. The van der Waals surface area contributed by atoms with Gasteiger partial charge in [-0.3, -0.25) is 0 Å². The molecule has 2 unspecified atom stereocenters. The summed E-state index contributed by atoms with van der Waals surface area (Å²) in [4.78, 5) is 0. The van der Waals surface area contributed by atoms with Gasteiger partial charge in [-0.05, 0) is 37.5 Å². The molecule has 0 spiro atoms. The Morgan fingerprint density at radius 1 is 1.43 bits per heavy atom. The van der Waals surface area contributed by atoms with Gasteiger partial charge in [-0.2, -0.15) is 5.26 Å². The number of benzene rings is 1. The van der Waals surface area contributed by atoms with Crippen molar-refractivity contribution in [3.05, 3.63) is 29.8 Å². The number of nitriles is 1. The fourth-order valence-electron chi connectivity index (χ4n) is 2.57. The van der Waals surface area contributed by atoms with E-state index in [9.17, 15) is 8.42 Å². The monoisotopic (exact) mass is 308 g/mol. The third kappa shape index (κ3) is 4.73. The second-order valence-electron chi connectivity index (χ2n) is 5.36. The number of sulfone groups is 1. The van der Waals surface area contributed by atoms with Crippen LogP contribution in [0.2, 0.25) is 0 Å². The summed E-state index contributed by atoms with van der Waals surface area (Å²) in [5, 5.41) is 11.8. The van der Waals surface area contributed by atoms with E-state index in [2.05, 4.69) is 5.32 Å². The Morgan fingerprint density at radius 2 is 2.14 bits per heavy atom. The summed E-state index contributed by atoms with van der Waals surface area (Å²) in [6.45, 7) is 2.06. The summed E-state index contributed by atoms with van der Waals surface area (Å²) in [5.74, 6) is 1.19. The number of rotatable bonds is 5. The van der Waals surface area contributed by atoms with E-state index in [1.807, 2.05) is 37.3 Å². The van der Waals surface area contributed by atoms with Gasteiger partial charge in [0.15, 0.2) is 16.4 Å². The predicted octanol–water partition coefficient (Wildman–Crippen LogP) is 1.82. The molecule has 0 radical (unpaired) electrons. The summed E-state index contributed by atoms with van der Waals surface area (Å²) in [6, 6.07) is 9.53. The zero-order valence-corrected chi connectivity index (χ0v) is 12.9. The minimum atomic E-state index is -2.89. The highest BCUT2D eigenvalue weighted by Crippen LogP contribution is 2.20. The Morgan fingerprint density at radius 3 is 2.76 bits per heavy atom. The third-order valence-corrected chi connectivity index (χ3v) is 5.45. The van der Waals surface area contributed by atoms with E-state index >= 15 is 0 Å². The molecule has 1 fully saturated rings. The van der Waals surface area contributed by atoms with Gasteiger partial charge in [0.2, 0.25) is 0 Å². The van der Waals surface area contributed by atoms with Crippen molar-refractivity contribution < 1.29 is 13.2 Å². The molecule has 1 aromatic carbocycles. The largest absolute Gasteiger partial charge is 0.479 e. The molecule has 1 saturated heterocycles. The second-order valence-corrected chi connectivity index (χ2v) is 7.59. The van der Waals surface area contributed by atoms with Crippen LogP contribution in [0.5, 0.6) is 5.75 Å². The lowest BCUT2D eigenvalue weighted by atomic mass is 10.1. The number of hydrogen-bond donors (Lipinski definition) is 1. The molecule has 1 aliphatic heterocycles. The van der Waals surface area contributed by atoms with E-state index in [4.69, 9.17) is 10.00 Å². The number of ether oxygens (including phenoxy) is 1. The minimum Gasteiger partial charge on any atom is -0.479 e. The summed E-state index contributed by atoms with van der Waals surface area (Å²) in [6.07, 6.45) is 1.63. The van der Waals surface area contributed by atoms with E-state index in [-0.39, 0.29) is 24.4 Å². The van der Waals surface area contributed by atoms with Gasteiger partial charge in [0, 0.05) is 12.1 Å². The molecule has 5 nitrogen and oxygen atoms in total. The van der Waals surface area contributed by atoms with Crippen molar-refractivity contribution in [1.82, 2.24) is 5.32 Å². The fourth-order valence-corrected chi connectivity index (χ4v) is 4.22. The Bertz CT molecular complexity index is 605. The summed E-state index contributed by atoms with van der Waals surface area (Å²) < 4.78 is 28.5. The highest BCUT2D eigenvalue weighted by Gasteiger charge is 2.25. The molecule has 2 rings (SSSR count). The van der Waals surface area contributed by atoms with Crippen molar-refractivity contribution >= 4 is 9.84 Å². The standard InChI is InChI=1S/C15H20N2O3S/c1-12(17-14-3-2-10-21(18,19)11-14)13-4-6-15(7-5-13)20-9-8-16/h4-7,12,14,17H,2-3,9-11H2,1H3. The second kappa shape index (κ2) is 6.92. The maximum absolute atomic E-state index is 11.6. The van der Waals surface area contributed by atoms with Crippen LogP contribution in [0.3, 0.4) is 0 Å². The number of hydrogen-bond acceptors (Lipinski definition) is 5. The van der Waals surface area contributed by atoms with Gasteiger partial charge >= 0.3 is 0 Å². The number of nitrogens with zero attached hydrogens (tertiary/aromatic N) is 1. The first-order valence-corrected chi connectivity index (χ1v) is 8.88. The van der Waals surface area contributed by atoms with Gasteiger partial charge in [0.05, 0.1) is 11.5 Å². The molecule has 21 heavy (non-hydrogen) atoms. The molecule has 0 bridgehead atoms. The lowest BCUT2D eigenvalue weighted by Crippen LogP contribution is -2.41. The summed E-state index contributed by atoms with van der Waals surface area (Å²) in [5.41, 5.74) is 1.07. The summed E-state index contributed by atoms with van der Waals surface area (Å²) >= 11 is 0. The molecule has 0 aromatic heterocycles. The van der Waals surface area contributed by atoms with E-state index in [0.29, 0.717) is 11.5 Å². The van der Waals surface area contributed by atoms with Gasteiger partial charge in [-0.25, -0.2) is 8.42 Å². The zero-order valence-electron chi connectivity index (χ0n) is 12.1. The van der Waals surface area contributed by atoms with Gasteiger partial charge in [0.1, 0.15) is 11.8 Å². The van der Waals surface area contributed by atoms with Crippen LogP contribution < -0.4 is 10.1 Å². The quantitative estimate of drug-likeness (QED) is 0.897. The highest BCUT2D eigenvalue weighted by atomic mass is 32.2. The average molecular weight is 308 g/mol. The Balaban J connectivity index is 1.94. The molecule has 6 heteroatoms. The molecular formula is C15H20N2O3S. The predicted molar refractivity (Wildman–Crippen MR) is 80.8 cm³/mol. The van der Waals surface area contributed by atoms with Crippen molar-refractivity contribution in [2.45, 2.75) is 31.8 Å². The maximum Gasteiger partial charge on any atom is 0.174 e. The van der Waals surface area contributed by atoms with Crippen molar-refractivity contribution in [3.63, 3.8) is 0 Å². The molecule has 1 aliphatic rings. The first kappa shape index (κ1) is 15.8. The van der Waals surface area contributed by atoms with Gasteiger partial charge in [0.25, 0.3) is 0 Å². The zero-order chi connectivity index (χ0) is 15.3. The van der Waals surface area contributed by atoms with Crippen LogP contribution in [-0.4, -0.2) is 32.6 Å². The Kier molecular flexibility index (Phi) is 5.21. The van der Waals surface area contributed by atoms with Crippen molar-refractivity contribution in [1.29, 1.82) is 5.26 Å². The average Bonchev–Trinajstić information content (AvgIpc) is 2.44. The molecular weight excluding hydrogens is 288 g/mol. The Labute approximate surface area is 125 Å². The van der Waals surface area contributed by atoms with E-state index in [1.54, 1.807) is 0 Å². The number of nitrogens with one attached hydrogen (secondary N) is 1. The molecule has 0 saturated carbocycles.